The highest BCUT2D eigenvalue weighted by atomic mass is 16.7. The summed E-state index contributed by atoms with van der Waals surface area (Å²) in [6, 6.07) is -0.648. The second-order valence-electron chi connectivity index (χ2n) is 11.6. The first-order valence-corrected chi connectivity index (χ1v) is 16.1. The van der Waals surface area contributed by atoms with Gasteiger partial charge in [-0.3, -0.25) is 14.4 Å². The van der Waals surface area contributed by atoms with Crippen LogP contribution in [0.25, 0.3) is 0 Å². The van der Waals surface area contributed by atoms with Crippen LogP contribution >= 0.6 is 0 Å². The predicted molar refractivity (Wildman–Crippen MR) is 161 cm³/mol. The Balaban J connectivity index is 1.56. The number of unbranched alkanes of at least 4 members (excludes halogenated alkanes) is 3. The molecule has 2 fully saturated rings. The lowest BCUT2D eigenvalue weighted by molar-refractivity contribution is -0.301. The molecule has 0 aromatic carbocycles. The van der Waals surface area contributed by atoms with Gasteiger partial charge in [0.25, 0.3) is 0 Å². The van der Waals surface area contributed by atoms with E-state index in [1.54, 1.807) is 6.92 Å². The van der Waals surface area contributed by atoms with E-state index in [0.29, 0.717) is 57.8 Å². The van der Waals surface area contributed by atoms with E-state index < -0.39 is 68.0 Å². The monoisotopic (exact) mass is 680 g/mol. The van der Waals surface area contributed by atoms with Crippen LogP contribution in [-0.4, -0.2) is 146 Å². The third kappa shape index (κ3) is 13.2. The number of amides is 2. The molecule has 10 unspecified atom stereocenters. The maximum atomic E-state index is 12.5. The maximum Gasteiger partial charge on any atom is 0.228 e. The molecular weight excluding hydrogens is 628 g/mol. The van der Waals surface area contributed by atoms with Crippen molar-refractivity contribution >= 4 is 17.6 Å². The molecule has 2 saturated heterocycles. The van der Waals surface area contributed by atoms with Gasteiger partial charge < -0.3 is 70.4 Å². The summed E-state index contributed by atoms with van der Waals surface area (Å²) in [5.41, 5.74) is 0. The summed E-state index contributed by atoms with van der Waals surface area (Å²) in [6.07, 6.45) is -8.30. The normalized spacial score (nSPS) is 30.8. The second kappa shape index (κ2) is 21.5. The Labute approximate surface area is 273 Å². The summed E-state index contributed by atoms with van der Waals surface area (Å²) in [6.45, 7) is 1.75. The third-order valence-corrected chi connectivity index (χ3v) is 7.95. The van der Waals surface area contributed by atoms with Gasteiger partial charge in [-0.15, -0.1) is 0 Å². The lowest BCUT2D eigenvalue weighted by Gasteiger charge is -2.39. The molecule has 0 aliphatic carbocycles. The highest BCUT2D eigenvalue weighted by molar-refractivity contribution is 5.88. The van der Waals surface area contributed by atoms with Gasteiger partial charge in [0.05, 0.1) is 19.3 Å². The van der Waals surface area contributed by atoms with Crippen LogP contribution in [0.15, 0.2) is 12.0 Å². The zero-order chi connectivity index (χ0) is 34.9. The topological polar surface area (TPSA) is 274 Å². The predicted octanol–water partition coefficient (Wildman–Crippen LogP) is -2.25. The Kier molecular flexibility index (Phi) is 18.6. The van der Waals surface area contributed by atoms with Gasteiger partial charge in [0.2, 0.25) is 18.1 Å². The minimum Gasteiger partial charge on any atom is -0.512 e. The molecule has 10 atom stereocenters. The zero-order valence-corrected chi connectivity index (χ0v) is 26.7. The first-order valence-electron chi connectivity index (χ1n) is 16.1. The maximum absolute atomic E-state index is 12.5. The van der Waals surface area contributed by atoms with Crippen molar-refractivity contribution in [2.75, 3.05) is 26.4 Å². The van der Waals surface area contributed by atoms with E-state index in [4.69, 9.17) is 24.1 Å². The van der Waals surface area contributed by atoms with Gasteiger partial charge >= 0.3 is 0 Å². The summed E-state index contributed by atoms with van der Waals surface area (Å²) in [7, 11) is 0. The van der Waals surface area contributed by atoms with Crippen molar-refractivity contribution in [1.29, 1.82) is 0 Å². The molecule has 47 heavy (non-hydrogen) atoms. The van der Waals surface area contributed by atoms with E-state index >= 15 is 0 Å². The van der Waals surface area contributed by atoms with Crippen molar-refractivity contribution in [1.82, 2.24) is 10.6 Å². The van der Waals surface area contributed by atoms with Crippen LogP contribution in [0.4, 0.5) is 0 Å². The minimum absolute atomic E-state index is 0.0650. The zero-order valence-electron chi connectivity index (χ0n) is 26.7. The van der Waals surface area contributed by atoms with Gasteiger partial charge in [-0.1, -0.05) is 6.92 Å². The van der Waals surface area contributed by atoms with E-state index in [1.165, 1.54) is 0 Å². The number of ether oxygens (including phenoxy) is 4. The van der Waals surface area contributed by atoms with Crippen molar-refractivity contribution in [3.63, 3.8) is 0 Å². The van der Waals surface area contributed by atoms with Crippen LogP contribution in [0.3, 0.4) is 0 Å². The van der Waals surface area contributed by atoms with Gasteiger partial charge in [0, 0.05) is 32.4 Å². The summed E-state index contributed by atoms with van der Waals surface area (Å²) in [5, 5.41) is 82.9. The molecule has 272 valence electrons. The molecule has 2 amide bonds. The van der Waals surface area contributed by atoms with Crippen molar-refractivity contribution in [2.45, 2.75) is 132 Å². The molecule has 2 heterocycles. The van der Waals surface area contributed by atoms with Crippen LogP contribution in [0.2, 0.25) is 0 Å². The summed E-state index contributed by atoms with van der Waals surface area (Å²) < 4.78 is 21.2. The Morgan fingerprint density at radius 1 is 0.809 bits per heavy atom. The number of aliphatic hydroxyl groups is 8. The molecule has 0 aromatic rings. The number of ketones is 1. The molecule has 0 spiro atoms. The van der Waals surface area contributed by atoms with Gasteiger partial charge in [-0.25, -0.2) is 0 Å². The van der Waals surface area contributed by atoms with Gasteiger partial charge in [0.15, 0.2) is 17.8 Å². The molecule has 2 aliphatic rings. The number of hydrogen-bond donors (Lipinski definition) is 10. The Morgan fingerprint density at radius 3 is 2.04 bits per heavy atom. The van der Waals surface area contributed by atoms with E-state index in [0.717, 1.165) is 0 Å². The van der Waals surface area contributed by atoms with Crippen molar-refractivity contribution in [3.8, 4) is 0 Å². The second-order valence-corrected chi connectivity index (χ2v) is 11.6. The molecule has 2 rings (SSSR count). The number of carbonyl (C=O) groups excluding carboxylic acids is 3. The molecule has 0 radical (unpaired) electrons. The quantitative estimate of drug-likeness (QED) is 0.0453. The summed E-state index contributed by atoms with van der Waals surface area (Å²) in [5.74, 6) is -0.912. The Bertz CT molecular complexity index is 983. The number of carbonyl (C=O) groups is 3. The fourth-order valence-electron chi connectivity index (χ4n) is 5.02. The first-order chi connectivity index (χ1) is 22.4. The van der Waals surface area contributed by atoms with Crippen molar-refractivity contribution in [3.05, 3.63) is 12.0 Å². The average Bonchev–Trinajstić information content (AvgIpc) is 3.06. The van der Waals surface area contributed by atoms with Crippen LogP contribution in [0.1, 0.15) is 71.1 Å². The standard InChI is InChI=1S/C30H52N2O15/c1-2-18(35)17(32-22(37)11-5-8-14-45-30-28(43)26(41)24(39)20(16-34)47-30)9-3-6-12-31-21(36)10-4-7-13-44-29-27(42)25(40)23(38)19(15-33)46-29/h16-17,19,23-30,33-34,38-43H,2-15H2,1H3,(H,31,36)(H,32,37)/b20-16+. The molecule has 0 aromatic heterocycles. The van der Waals surface area contributed by atoms with Crippen LogP contribution < -0.4 is 10.6 Å². The largest absolute Gasteiger partial charge is 0.512 e. The Morgan fingerprint density at radius 2 is 1.43 bits per heavy atom. The third-order valence-electron chi connectivity index (χ3n) is 7.95. The SMILES string of the molecule is CCC(=O)C(CCCCNC(=O)CCCCOC1OC(CO)C(O)C(O)C1O)NC(=O)CCCCOC1O/C(=C/O)C(O)C(O)C1O. The van der Waals surface area contributed by atoms with E-state index in [9.17, 15) is 50.1 Å². The lowest BCUT2D eigenvalue weighted by Crippen LogP contribution is -2.59. The number of nitrogens with one attached hydrogen (secondary N) is 2. The fourth-order valence-corrected chi connectivity index (χ4v) is 5.02. The minimum atomic E-state index is -1.60. The highest BCUT2D eigenvalue weighted by Gasteiger charge is 2.44. The number of aliphatic hydroxyl groups excluding tert-OH is 8. The van der Waals surface area contributed by atoms with E-state index in [1.807, 2.05) is 0 Å². The molecule has 2 aliphatic heterocycles. The van der Waals surface area contributed by atoms with E-state index in [-0.39, 0.29) is 55.8 Å². The van der Waals surface area contributed by atoms with Crippen molar-refractivity contribution < 1.29 is 74.2 Å². The molecule has 17 heteroatoms. The fraction of sp³-hybridized carbons (Fsp3) is 0.833. The van der Waals surface area contributed by atoms with E-state index in [2.05, 4.69) is 10.6 Å². The Hall–Kier alpha value is -2.45. The molecular formula is C30H52N2O15. The smallest absolute Gasteiger partial charge is 0.228 e. The molecule has 0 bridgehead atoms. The van der Waals surface area contributed by atoms with Crippen LogP contribution in [-0.2, 0) is 33.3 Å². The van der Waals surface area contributed by atoms with Gasteiger partial charge in [0.1, 0.15) is 49.0 Å². The number of rotatable bonds is 21. The number of hydrogen-bond acceptors (Lipinski definition) is 15. The first kappa shape index (κ1) is 40.7. The van der Waals surface area contributed by atoms with Crippen LogP contribution in [0, 0.1) is 0 Å². The van der Waals surface area contributed by atoms with Crippen molar-refractivity contribution in [2.24, 2.45) is 0 Å². The lowest BCUT2D eigenvalue weighted by atomic mass is 9.99. The molecule has 17 nitrogen and oxygen atoms in total. The molecule has 0 saturated carbocycles. The summed E-state index contributed by atoms with van der Waals surface area (Å²) >= 11 is 0. The van der Waals surface area contributed by atoms with Gasteiger partial charge in [-0.05, 0) is 44.9 Å². The molecule has 10 N–H and O–H groups in total. The summed E-state index contributed by atoms with van der Waals surface area (Å²) in [4.78, 5) is 37.0. The highest BCUT2D eigenvalue weighted by Crippen LogP contribution is 2.25. The number of Topliss-reactive ketones (excluding diaryl/α,β-unsaturated/α-hetero) is 1. The van der Waals surface area contributed by atoms with Gasteiger partial charge in [-0.2, -0.15) is 0 Å². The van der Waals surface area contributed by atoms with Crippen LogP contribution in [0.5, 0.6) is 0 Å². The average molecular weight is 681 g/mol.